The zero-order chi connectivity index (χ0) is 13.5. The molecule has 0 unspecified atom stereocenters. The number of nitro groups is 1. The fourth-order valence-electron chi connectivity index (χ4n) is 1.93. The van der Waals surface area contributed by atoms with Gasteiger partial charge in [-0.25, -0.2) is 0 Å². The highest BCUT2D eigenvalue weighted by atomic mass is 16.6. The summed E-state index contributed by atoms with van der Waals surface area (Å²) in [7, 11) is 0. The summed E-state index contributed by atoms with van der Waals surface area (Å²) >= 11 is 0. The van der Waals surface area contributed by atoms with E-state index in [1.54, 1.807) is 0 Å². The minimum absolute atomic E-state index is 0.0296. The Bertz CT molecular complexity index is 419. The molecule has 0 amide bonds. The first-order chi connectivity index (χ1) is 9.25. The number of ether oxygens (including phenoxy) is 2. The van der Waals surface area contributed by atoms with Crippen molar-refractivity contribution in [1.82, 2.24) is 4.90 Å². The van der Waals surface area contributed by atoms with Gasteiger partial charge < -0.3 is 9.47 Å². The summed E-state index contributed by atoms with van der Waals surface area (Å²) in [4.78, 5) is 12.5. The van der Waals surface area contributed by atoms with Crippen molar-refractivity contribution in [3.05, 3.63) is 34.4 Å². The third-order valence-corrected chi connectivity index (χ3v) is 2.95. The Morgan fingerprint density at radius 1 is 1.47 bits per heavy atom. The van der Waals surface area contributed by atoms with Crippen LogP contribution in [-0.2, 0) is 4.74 Å². The van der Waals surface area contributed by atoms with Crippen LogP contribution in [0.1, 0.15) is 6.42 Å². The van der Waals surface area contributed by atoms with Crippen molar-refractivity contribution in [3.63, 3.8) is 0 Å². The number of hydrogen-bond donors (Lipinski definition) is 0. The van der Waals surface area contributed by atoms with E-state index in [0.29, 0.717) is 12.4 Å². The Morgan fingerprint density at radius 2 is 2.26 bits per heavy atom. The minimum Gasteiger partial charge on any atom is -0.493 e. The molecule has 1 saturated heterocycles. The van der Waals surface area contributed by atoms with Crippen LogP contribution in [0, 0.1) is 16.2 Å². The summed E-state index contributed by atoms with van der Waals surface area (Å²) in [5.74, 6) is 0.427. The van der Waals surface area contributed by atoms with Crippen LogP contribution >= 0.6 is 0 Å². The highest BCUT2D eigenvalue weighted by Gasteiger charge is 2.10. The maximum atomic E-state index is 10.6. The molecule has 0 spiro atoms. The lowest BCUT2D eigenvalue weighted by atomic mass is 10.3. The third-order valence-electron chi connectivity index (χ3n) is 2.95. The lowest BCUT2D eigenvalue weighted by Crippen LogP contribution is -2.37. The molecular formula is C13H17N2O4. The molecule has 0 aromatic heterocycles. The SMILES string of the molecule is O=[N+]([O-])c1cc[c]c(OCCCN2CCOCC2)c1. The summed E-state index contributed by atoms with van der Waals surface area (Å²) in [5.41, 5.74) is 0.0296. The van der Waals surface area contributed by atoms with E-state index in [1.165, 1.54) is 18.2 Å². The smallest absolute Gasteiger partial charge is 0.273 e. The monoisotopic (exact) mass is 265 g/mol. The molecule has 6 nitrogen and oxygen atoms in total. The van der Waals surface area contributed by atoms with E-state index in [0.717, 1.165) is 39.3 Å². The van der Waals surface area contributed by atoms with Gasteiger partial charge in [-0.05, 0) is 12.5 Å². The second-order valence-corrected chi connectivity index (χ2v) is 4.32. The highest BCUT2D eigenvalue weighted by Crippen LogP contribution is 2.18. The van der Waals surface area contributed by atoms with Gasteiger partial charge in [0.2, 0.25) is 0 Å². The first kappa shape index (κ1) is 13.8. The largest absolute Gasteiger partial charge is 0.493 e. The molecule has 19 heavy (non-hydrogen) atoms. The molecule has 0 bridgehead atoms. The van der Waals surface area contributed by atoms with Crippen molar-refractivity contribution in [2.24, 2.45) is 0 Å². The second kappa shape index (κ2) is 7.06. The molecule has 1 aromatic rings. The van der Waals surface area contributed by atoms with Gasteiger partial charge in [-0.15, -0.1) is 0 Å². The van der Waals surface area contributed by atoms with Gasteiger partial charge in [0.05, 0.1) is 30.8 Å². The molecule has 2 rings (SSSR count). The molecular weight excluding hydrogens is 248 g/mol. The molecule has 0 atom stereocenters. The van der Waals surface area contributed by atoms with Crippen LogP contribution in [0.2, 0.25) is 0 Å². The van der Waals surface area contributed by atoms with Crippen LogP contribution in [0.4, 0.5) is 5.69 Å². The van der Waals surface area contributed by atoms with E-state index in [2.05, 4.69) is 11.0 Å². The van der Waals surface area contributed by atoms with Crippen LogP contribution in [0.15, 0.2) is 18.2 Å². The molecule has 1 aliphatic heterocycles. The Labute approximate surface area is 112 Å². The van der Waals surface area contributed by atoms with E-state index in [4.69, 9.17) is 9.47 Å². The average molecular weight is 265 g/mol. The predicted octanol–water partition coefficient (Wildman–Crippen LogP) is 1.50. The minimum atomic E-state index is -0.436. The number of rotatable bonds is 6. The summed E-state index contributed by atoms with van der Waals surface area (Å²) < 4.78 is 10.7. The first-order valence-electron chi connectivity index (χ1n) is 6.35. The van der Waals surface area contributed by atoms with Gasteiger partial charge in [-0.1, -0.05) is 0 Å². The first-order valence-corrected chi connectivity index (χ1v) is 6.35. The molecule has 1 aromatic carbocycles. The van der Waals surface area contributed by atoms with E-state index in [9.17, 15) is 10.1 Å². The van der Waals surface area contributed by atoms with Crippen molar-refractivity contribution in [2.45, 2.75) is 6.42 Å². The number of hydrogen-bond acceptors (Lipinski definition) is 5. The fraction of sp³-hybridized carbons (Fsp3) is 0.538. The molecule has 1 radical (unpaired) electrons. The van der Waals surface area contributed by atoms with Gasteiger partial charge in [0.15, 0.2) is 0 Å². The molecule has 0 N–H and O–H groups in total. The van der Waals surface area contributed by atoms with Gasteiger partial charge in [0.25, 0.3) is 5.69 Å². The lowest BCUT2D eigenvalue weighted by molar-refractivity contribution is -0.384. The highest BCUT2D eigenvalue weighted by molar-refractivity contribution is 5.37. The number of nitrogens with zero attached hydrogens (tertiary/aromatic N) is 2. The maximum Gasteiger partial charge on any atom is 0.273 e. The van der Waals surface area contributed by atoms with Gasteiger partial charge in [-0.2, -0.15) is 0 Å². The quantitative estimate of drug-likeness (QED) is 0.443. The number of morpholine rings is 1. The lowest BCUT2D eigenvalue weighted by Gasteiger charge is -2.26. The molecule has 1 fully saturated rings. The molecule has 1 heterocycles. The summed E-state index contributed by atoms with van der Waals surface area (Å²) in [5, 5.41) is 10.6. The van der Waals surface area contributed by atoms with E-state index < -0.39 is 4.92 Å². The van der Waals surface area contributed by atoms with Crippen LogP contribution in [0.25, 0.3) is 0 Å². The van der Waals surface area contributed by atoms with Gasteiger partial charge in [0.1, 0.15) is 5.75 Å². The Kier molecular flexibility index (Phi) is 5.11. The van der Waals surface area contributed by atoms with E-state index >= 15 is 0 Å². The third kappa shape index (κ3) is 4.50. The van der Waals surface area contributed by atoms with Crippen LogP contribution in [0.5, 0.6) is 5.75 Å². The van der Waals surface area contributed by atoms with E-state index in [1.807, 2.05) is 0 Å². The average Bonchev–Trinajstić information content (AvgIpc) is 2.45. The summed E-state index contributed by atoms with van der Waals surface area (Å²) in [6, 6.07) is 7.15. The number of non-ortho nitro benzene ring substituents is 1. The van der Waals surface area contributed by atoms with Gasteiger partial charge in [-0.3, -0.25) is 15.0 Å². The molecule has 6 heteroatoms. The van der Waals surface area contributed by atoms with Crippen LogP contribution < -0.4 is 4.74 Å². The number of nitro benzene ring substituents is 1. The topological polar surface area (TPSA) is 64.8 Å². The Hall–Kier alpha value is -1.66. The number of benzene rings is 1. The van der Waals surface area contributed by atoms with Crippen LogP contribution in [-0.4, -0.2) is 49.3 Å². The molecule has 1 aliphatic rings. The normalized spacial score (nSPS) is 16.2. The zero-order valence-corrected chi connectivity index (χ0v) is 10.7. The van der Waals surface area contributed by atoms with Crippen molar-refractivity contribution >= 4 is 5.69 Å². The van der Waals surface area contributed by atoms with Crippen molar-refractivity contribution in [1.29, 1.82) is 0 Å². The van der Waals surface area contributed by atoms with Crippen LogP contribution in [0.3, 0.4) is 0 Å². The van der Waals surface area contributed by atoms with Crippen molar-refractivity contribution in [2.75, 3.05) is 39.5 Å². The standard InChI is InChI=1S/C13H17N2O4/c16-15(17)12-3-1-4-13(11-12)19-8-2-5-14-6-9-18-10-7-14/h1,3,11H,2,5-10H2. The van der Waals surface area contributed by atoms with Crippen molar-refractivity contribution < 1.29 is 14.4 Å². The maximum absolute atomic E-state index is 10.6. The van der Waals surface area contributed by atoms with E-state index in [-0.39, 0.29) is 5.69 Å². The van der Waals surface area contributed by atoms with Gasteiger partial charge >= 0.3 is 0 Å². The summed E-state index contributed by atoms with van der Waals surface area (Å²) in [6.07, 6.45) is 0.885. The molecule has 103 valence electrons. The second-order valence-electron chi connectivity index (χ2n) is 4.32. The zero-order valence-electron chi connectivity index (χ0n) is 10.7. The fourth-order valence-corrected chi connectivity index (χ4v) is 1.93. The Morgan fingerprint density at radius 3 is 3.00 bits per heavy atom. The summed E-state index contributed by atoms with van der Waals surface area (Å²) in [6.45, 7) is 5.00. The van der Waals surface area contributed by atoms with Crippen molar-refractivity contribution in [3.8, 4) is 5.75 Å². The predicted molar refractivity (Wildman–Crippen MR) is 69.3 cm³/mol. The molecule has 0 aliphatic carbocycles. The Balaban J connectivity index is 1.70. The molecule has 0 saturated carbocycles. The van der Waals surface area contributed by atoms with Gasteiger partial charge in [0, 0.05) is 31.8 Å².